The largest absolute Gasteiger partial charge is 0.312 e. The van der Waals surface area contributed by atoms with E-state index < -0.39 is 0 Å². The first-order valence-electron chi connectivity index (χ1n) is 6.85. The minimum atomic E-state index is 0.693. The van der Waals surface area contributed by atoms with Crippen LogP contribution in [0.2, 0.25) is 0 Å². The second-order valence-electron chi connectivity index (χ2n) is 5.47. The molecule has 18 heavy (non-hydrogen) atoms. The van der Waals surface area contributed by atoms with Gasteiger partial charge in [-0.3, -0.25) is 0 Å². The van der Waals surface area contributed by atoms with Gasteiger partial charge in [-0.15, -0.1) is 0 Å². The predicted molar refractivity (Wildman–Crippen MR) is 80.7 cm³/mol. The summed E-state index contributed by atoms with van der Waals surface area (Å²) in [7, 11) is 0. The SMILES string of the molecule is CC(C)N1CCC(CNCc2ccccc2Br)C1. The van der Waals surface area contributed by atoms with Crippen LogP contribution in [-0.2, 0) is 6.54 Å². The van der Waals surface area contributed by atoms with E-state index in [-0.39, 0.29) is 0 Å². The molecule has 3 heteroatoms. The minimum absolute atomic E-state index is 0.693. The maximum atomic E-state index is 3.59. The molecule has 1 aromatic rings. The van der Waals surface area contributed by atoms with E-state index in [1.807, 2.05) is 0 Å². The van der Waals surface area contributed by atoms with E-state index in [1.54, 1.807) is 0 Å². The second-order valence-corrected chi connectivity index (χ2v) is 6.32. The van der Waals surface area contributed by atoms with Gasteiger partial charge in [-0.2, -0.15) is 0 Å². The zero-order chi connectivity index (χ0) is 13.0. The van der Waals surface area contributed by atoms with Crippen molar-refractivity contribution in [3.63, 3.8) is 0 Å². The summed E-state index contributed by atoms with van der Waals surface area (Å²) in [5.74, 6) is 0.815. The monoisotopic (exact) mass is 310 g/mol. The van der Waals surface area contributed by atoms with Crippen LogP contribution in [0.1, 0.15) is 25.8 Å². The first-order valence-corrected chi connectivity index (χ1v) is 7.64. The molecule has 1 aromatic carbocycles. The molecule has 0 bridgehead atoms. The number of halogens is 1. The molecule has 0 amide bonds. The van der Waals surface area contributed by atoms with Gasteiger partial charge in [0.2, 0.25) is 0 Å². The lowest BCUT2D eigenvalue weighted by atomic mass is 10.1. The lowest BCUT2D eigenvalue weighted by Crippen LogP contribution is -2.30. The number of hydrogen-bond donors (Lipinski definition) is 1. The molecule has 1 fully saturated rings. The van der Waals surface area contributed by atoms with E-state index in [0.717, 1.165) is 19.0 Å². The van der Waals surface area contributed by atoms with Gasteiger partial charge in [-0.25, -0.2) is 0 Å². The summed E-state index contributed by atoms with van der Waals surface area (Å²) in [6.45, 7) is 9.18. The molecule has 0 aliphatic carbocycles. The van der Waals surface area contributed by atoms with Crippen LogP contribution in [0.5, 0.6) is 0 Å². The van der Waals surface area contributed by atoms with Crippen molar-refractivity contribution >= 4 is 15.9 Å². The highest BCUT2D eigenvalue weighted by Crippen LogP contribution is 2.19. The normalized spacial score (nSPS) is 20.8. The molecule has 1 aliphatic rings. The Balaban J connectivity index is 1.72. The van der Waals surface area contributed by atoms with Crippen molar-refractivity contribution in [1.82, 2.24) is 10.2 Å². The van der Waals surface area contributed by atoms with E-state index in [9.17, 15) is 0 Å². The van der Waals surface area contributed by atoms with Gasteiger partial charge in [-0.05, 0) is 50.9 Å². The molecule has 1 aliphatic heterocycles. The van der Waals surface area contributed by atoms with Gasteiger partial charge in [0.1, 0.15) is 0 Å². The molecule has 0 saturated carbocycles. The Morgan fingerprint density at radius 3 is 2.83 bits per heavy atom. The number of nitrogens with one attached hydrogen (secondary N) is 1. The molecule has 1 atom stereocenters. The maximum absolute atomic E-state index is 3.59. The van der Waals surface area contributed by atoms with Gasteiger partial charge in [-0.1, -0.05) is 34.1 Å². The average molecular weight is 311 g/mol. The fourth-order valence-corrected chi connectivity index (χ4v) is 2.98. The van der Waals surface area contributed by atoms with Crippen molar-refractivity contribution in [3.8, 4) is 0 Å². The van der Waals surface area contributed by atoms with Crippen LogP contribution in [0.3, 0.4) is 0 Å². The van der Waals surface area contributed by atoms with Crippen LogP contribution in [0, 0.1) is 5.92 Å². The van der Waals surface area contributed by atoms with Gasteiger partial charge in [0, 0.05) is 23.6 Å². The molecule has 2 nitrogen and oxygen atoms in total. The van der Waals surface area contributed by atoms with Crippen LogP contribution in [0.15, 0.2) is 28.7 Å². The maximum Gasteiger partial charge on any atom is 0.0220 e. The van der Waals surface area contributed by atoms with Crippen LogP contribution < -0.4 is 5.32 Å². The Bertz CT molecular complexity index is 379. The molecule has 0 radical (unpaired) electrons. The lowest BCUT2D eigenvalue weighted by molar-refractivity contribution is 0.264. The number of nitrogens with zero attached hydrogens (tertiary/aromatic N) is 1. The summed E-state index contributed by atoms with van der Waals surface area (Å²) in [5.41, 5.74) is 1.34. The van der Waals surface area contributed by atoms with Gasteiger partial charge < -0.3 is 10.2 Å². The summed E-state index contributed by atoms with van der Waals surface area (Å²) in [6, 6.07) is 9.13. The second kappa shape index (κ2) is 6.69. The summed E-state index contributed by atoms with van der Waals surface area (Å²) in [5, 5.41) is 3.59. The van der Waals surface area contributed by atoms with Gasteiger partial charge in [0.05, 0.1) is 0 Å². The van der Waals surface area contributed by atoms with E-state index in [1.165, 1.54) is 29.5 Å². The molecule has 100 valence electrons. The third-order valence-corrected chi connectivity index (χ3v) is 4.53. The van der Waals surface area contributed by atoms with Crippen molar-refractivity contribution in [2.24, 2.45) is 5.92 Å². The van der Waals surface area contributed by atoms with Crippen molar-refractivity contribution in [1.29, 1.82) is 0 Å². The Morgan fingerprint density at radius 2 is 2.17 bits per heavy atom. The molecule has 2 rings (SSSR count). The Kier molecular flexibility index (Phi) is 5.22. The topological polar surface area (TPSA) is 15.3 Å². The zero-order valence-electron chi connectivity index (χ0n) is 11.3. The summed E-state index contributed by atoms with van der Waals surface area (Å²) in [4.78, 5) is 2.57. The highest BCUT2D eigenvalue weighted by Gasteiger charge is 2.23. The Morgan fingerprint density at radius 1 is 1.39 bits per heavy atom. The summed E-state index contributed by atoms with van der Waals surface area (Å²) >= 11 is 3.59. The van der Waals surface area contributed by atoms with E-state index in [0.29, 0.717) is 6.04 Å². The number of benzene rings is 1. The smallest absolute Gasteiger partial charge is 0.0220 e. The van der Waals surface area contributed by atoms with Crippen molar-refractivity contribution < 1.29 is 0 Å². The van der Waals surface area contributed by atoms with Crippen LogP contribution in [0.4, 0.5) is 0 Å². The molecular formula is C15H23BrN2. The molecule has 1 N–H and O–H groups in total. The van der Waals surface area contributed by atoms with E-state index in [4.69, 9.17) is 0 Å². The van der Waals surface area contributed by atoms with Crippen LogP contribution in [0.25, 0.3) is 0 Å². The quantitative estimate of drug-likeness (QED) is 0.898. The third kappa shape index (κ3) is 3.81. The van der Waals surface area contributed by atoms with E-state index in [2.05, 4.69) is 64.3 Å². The highest BCUT2D eigenvalue weighted by atomic mass is 79.9. The number of hydrogen-bond acceptors (Lipinski definition) is 2. The van der Waals surface area contributed by atoms with Crippen LogP contribution in [-0.4, -0.2) is 30.6 Å². The van der Waals surface area contributed by atoms with Gasteiger partial charge in [0.15, 0.2) is 0 Å². The van der Waals surface area contributed by atoms with Crippen molar-refractivity contribution in [2.75, 3.05) is 19.6 Å². The molecule has 0 aromatic heterocycles. The van der Waals surface area contributed by atoms with Gasteiger partial charge >= 0.3 is 0 Å². The van der Waals surface area contributed by atoms with Gasteiger partial charge in [0.25, 0.3) is 0 Å². The van der Waals surface area contributed by atoms with E-state index >= 15 is 0 Å². The molecule has 1 heterocycles. The average Bonchev–Trinajstić information content (AvgIpc) is 2.80. The van der Waals surface area contributed by atoms with Crippen LogP contribution >= 0.6 is 15.9 Å². The summed E-state index contributed by atoms with van der Waals surface area (Å²) < 4.78 is 1.20. The zero-order valence-corrected chi connectivity index (χ0v) is 12.9. The third-order valence-electron chi connectivity index (χ3n) is 3.75. The fraction of sp³-hybridized carbons (Fsp3) is 0.600. The van der Waals surface area contributed by atoms with Crippen molar-refractivity contribution in [2.45, 2.75) is 32.9 Å². The molecule has 1 saturated heterocycles. The molecular weight excluding hydrogens is 288 g/mol. The predicted octanol–water partition coefficient (Wildman–Crippen LogP) is 3.27. The lowest BCUT2D eigenvalue weighted by Gasteiger charge is -2.20. The first kappa shape index (κ1) is 14.0. The summed E-state index contributed by atoms with van der Waals surface area (Å²) in [6.07, 6.45) is 1.33. The number of rotatable bonds is 5. The first-order chi connectivity index (χ1) is 8.66. The van der Waals surface area contributed by atoms with Crippen molar-refractivity contribution in [3.05, 3.63) is 34.3 Å². The fourth-order valence-electron chi connectivity index (χ4n) is 2.55. The Hall–Kier alpha value is -0.380. The highest BCUT2D eigenvalue weighted by molar-refractivity contribution is 9.10. The number of likely N-dealkylation sites (tertiary alicyclic amines) is 1. The molecule has 1 unspecified atom stereocenters. The Labute approximate surface area is 119 Å². The molecule has 0 spiro atoms. The minimum Gasteiger partial charge on any atom is -0.312 e. The standard InChI is InChI=1S/C15H23BrN2/c1-12(2)18-8-7-13(11-18)9-17-10-14-5-3-4-6-15(14)16/h3-6,12-13,17H,7-11H2,1-2H3.